The quantitative estimate of drug-likeness (QED) is 0.772. The molecule has 2 aromatic carbocycles. The van der Waals surface area contributed by atoms with Crippen molar-refractivity contribution in [3.05, 3.63) is 53.0 Å². The van der Waals surface area contributed by atoms with E-state index < -0.39 is 0 Å². The van der Waals surface area contributed by atoms with Gasteiger partial charge in [0.05, 0.1) is 18.0 Å². The molecule has 0 fully saturated rings. The molecule has 22 heavy (non-hydrogen) atoms. The van der Waals surface area contributed by atoms with Crippen LogP contribution in [0.25, 0.3) is 0 Å². The average Bonchev–Trinajstić information content (AvgIpc) is 2.51. The van der Waals surface area contributed by atoms with E-state index in [1.54, 1.807) is 0 Å². The fraction of sp³-hybridized carbons (Fsp3) is 0.235. The van der Waals surface area contributed by atoms with E-state index in [0.717, 1.165) is 21.6 Å². The van der Waals surface area contributed by atoms with Gasteiger partial charge in [-0.3, -0.25) is 4.79 Å². The first-order valence-electron chi connectivity index (χ1n) is 7.20. The Kier molecular flexibility index (Phi) is 6.27. The smallest absolute Gasteiger partial charge is 0.226 e. The summed E-state index contributed by atoms with van der Waals surface area (Å²) >= 11 is 3.41. The second-order valence-corrected chi connectivity index (χ2v) is 5.49. The maximum Gasteiger partial charge on any atom is 0.226 e. The standard InChI is InChI=1S/C17H19BrN2O2/c1-2-22-16-10-6-5-9-15(16)19-12-11-17(21)20-14-8-4-3-7-13(14)18/h3-10,19H,2,11-12H2,1H3,(H,20,21). The topological polar surface area (TPSA) is 50.4 Å². The number of para-hydroxylation sites is 3. The van der Waals surface area contributed by atoms with Crippen LogP contribution in [0, 0.1) is 0 Å². The van der Waals surface area contributed by atoms with Crippen LogP contribution in [0.1, 0.15) is 13.3 Å². The zero-order valence-electron chi connectivity index (χ0n) is 12.4. The van der Waals surface area contributed by atoms with E-state index in [4.69, 9.17) is 4.74 Å². The van der Waals surface area contributed by atoms with Crippen molar-refractivity contribution in [3.8, 4) is 5.75 Å². The molecule has 0 aliphatic rings. The van der Waals surface area contributed by atoms with Crippen molar-refractivity contribution < 1.29 is 9.53 Å². The van der Waals surface area contributed by atoms with Crippen molar-refractivity contribution in [2.24, 2.45) is 0 Å². The molecule has 5 heteroatoms. The molecular weight excluding hydrogens is 344 g/mol. The van der Waals surface area contributed by atoms with Crippen LogP contribution in [0.15, 0.2) is 53.0 Å². The first-order chi connectivity index (χ1) is 10.7. The molecule has 0 aliphatic heterocycles. The van der Waals surface area contributed by atoms with Gasteiger partial charge in [0.15, 0.2) is 0 Å². The Morgan fingerprint density at radius 1 is 1.09 bits per heavy atom. The molecule has 0 radical (unpaired) electrons. The second-order valence-electron chi connectivity index (χ2n) is 4.63. The van der Waals surface area contributed by atoms with Crippen LogP contribution in [0.4, 0.5) is 11.4 Å². The van der Waals surface area contributed by atoms with Gasteiger partial charge in [-0.15, -0.1) is 0 Å². The van der Waals surface area contributed by atoms with E-state index in [1.165, 1.54) is 0 Å². The highest BCUT2D eigenvalue weighted by Gasteiger charge is 2.06. The number of carbonyl (C=O) groups is 1. The Labute approximate surface area is 139 Å². The summed E-state index contributed by atoms with van der Waals surface area (Å²) in [5.74, 6) is 0.768. The lowest BCUT2D eigenvalue weighted by Crippen LogP contribution is -2.16. The van der Waals surface area contributed by atoms with Gasteiger partial charge in [0.25, 0.3) is 0 Å². The number of benzene rings is 2. The molecule has 2 rings (SSSR count). The van der Waals surface area contributed by atoms with E-state index >= 15 is 0 Å². The van der Waals surface area contributed by atoms with Crippen LogP contribution in [0.5, 0.6) is 5.75 Å². The van der Waals surface area contributed by atoms with Gasteiger partial charge in [0.1, 0.15) is 5.75 Å². The molecule has 4 nitrogen and oxygen atoms in total. The molecule has 2 aromatic rings. The minimum absolute atomic E-state index is 0.0340. The summed E-state index contributed by atoms with van der Waals surface area (Å²) in [6.07, 6.45) is 0.377. The molecule has 116 valence electrons. The number of amides is 1. The van der Waals surface area contributed by atoms with Gasteiger partial charge in [-0.2, -0.15) is 0 Å². The van der Waals surface area contributed by atoms with Gasteiger partial charge in [-0.25, -0.2) is 0 Å². The number of carbonyl (C=O) groups excluding carboxylic acids is 1. The first-order valence-corrected chi connectivity index (χ1v) is 8.00. The predicted molar refractivity (Wildman–Crippen MR) is 93.5 cm³/mol. The highest BCUT2D eigenvalue weighted by atomic mass is 79.9. The third kappa shape index (κ3) is 4.77. The highest BCUT2D eigenvalue weighted by Crippen LogP contribution is 2.24. The number of rotatable bonds is 7. The summed E-state index contributed by atoms with van der Waals surface area (Å²) in [4.78, 5) is 12.0. The van der Waals surface area contributed by atoms with E-state index in [-0.39, 0.29) is 5.91 Å². The predicted octanol–water partition coefficient (Wildman–Crippen LogP) is 4.29. The molecule has 0 saturated heterocycles. The Morgan fingerprint density at radius 3 is 2.50 bits per heavy atom. The van der Waals surface area contributed by atoms with Crippen molar-refractivity contribution in [2.75, 3.05) is 23.8 Å². The molecule has 0 spiro atoms. The monoisotopic (exact) mass is 362 g/mol. The number of ether oxygens (including phenoxy) is 1. The van der Waals surface area contributed by atoms with Crippen LogP contribution in [0.2, 0.25) is 0 Å². The van der Waals surface area contributed by atoms with Crippen LogP contribution >= 0.6 is 15.9 Å². The van der Waals surface area contributed by atoms with Gasteiger partial charge in [0.2, 0.25) is 5.91 Å². The first kappa shape index (κ1) is 16.4. The molecule has 1 amide bonds. The average molecular weight is 363 g/mol. The normalized spacial score (nSPS) is 10.1. The van der Waals surface area contributed by atoms with Crippen molar-refractivity contribution in [1.82, 2.24) is 0 Å². The van der Waals surface area contributed by atoms with Gasteiger partial charge in [0, 0.05) is 17.4 Å². The molecule has 0 aliphatic carbocycles. The van der Waals surface area contributed by atoms with E-state index in [1.807, 2.05) is 55.5 Å². The van der Waals surface area contributed by atoms with Gasteiger partial charge >= 0.3 is 0 Å². The highest BCUT2D eigenvalue weighted by molar-refractivity contribution is 9.10. The Hall–Kier alpha value is -2.01. The molecule has 0 heterocycles. The summed E-state index contributed by atoms with van der Waals surface area (Å²) in [6, 6.07) is 15.3. The number of hydrogen-bond donors (Lipinski definition) is 2. The van der Waals surface area contributed by atoms with Crippen LogP contribution < -0.4 is 15.4 Å². The molecule has 2 N–H and O–H groups in total. The van der Waals surface area contributed by atoms with Crippen molar-refractivity contribution in [2.45, 2.75) is 13.3 Å². The molecule has 0 bridgehead atoms. The summed E-state index contributed by atoms with van der Waals surface area (Å²) in [6.45, 7) is 3.10. The van der Waals surface area contributed by atoms with E-state index in [2.05, 4.69) is 26.6 Å². The lowest BCUT2D eigenvalue weighted by molar-refractivity contribution is -0.115. The van der Waals surface area contributed by atoms with E-state index in [9.17, 15) is 4.79 Å². The maximum absolute atomic E-state index is 12.0. The minimum atomic E-state index is -0.0340. The fourth-order valence-electron chi connectivity index (χ4n) is 1.98. The van der Waals surface area contributed by atoms with Gasteiger partial charge in [-0.1, -0.05) is 24.3 Å². The molecule has 0 atom stereocenters. The third-order valence-corrected chi connectivity index (χ3v) is 3.69. The van der Waals surface area contributed by atoms with Crippen LogP contribution in [-0.2, 0) is 4.79 Å². The zero-order chi connectivity index (χ0) is 15.8. The van der Waals surface area contributed by atoms with Crippen LogP contribution in [0.3, 0.4) is 0 Å². The Bertz CT molecular complexity index is 632. The molecule has 0 aromatic heterocycles. The zero-order valence-corrected chi connectivity index (χ0v) is 14.0. The maximum atomic E-state index is 12.0. The third-order valence-electron chi connectivity index (χ3n) is 3.00. The summed E-state index contributed by atoms with van der Waals surface area (Å²) < 4.78 is 6.41. The number of halogens is 1. The number of hydrogen-bond acceptors (Lipinski definition) is 3. The fourth-order valence-corrected chi connectivity index (χ4v) is 2.36. The molecule has 0 unspecified atom stereocenters. The second kappa shape index (κ2) is 8.44. The van der Waals surface area contributed by atoms with Crippen molar-refractivity contribution in [1.29, 1.82) is 0 Å². The molecule has 0 saturated carbocycles. The number of anilines is 2. The largest absolute Gasteiger partial charge is 0.492 e. The van der Waals surface area contributed by atoms with E-state index in [0.29, 0.717) is 19.6 Å². The van der Waals surface area contributed by atoms with Gasteiger partial charge < -0.3 is 15.4 Å². The Morgan fingerprint density at radius 2 is 1.77 bits per heavy atom. The summed E-state index contributed by atoms with van der Waals surface area (Å²) in [7, 11) is 0. The van der Waals surface area contributed by atoms with Crippen molar-refractivity contribution in [3.63, 3.8) is 0 Å². The SMILES string of the molecule is CCOc1ccccc1NCCC(=O)Nc1ccccc1Br. The lowest BCUT2D eigenvalue weighted by atomic mass is 10.2. The van der Waals surface area contributed by atoms with Crippen molar-refractivity contribution >= 4 is 33.2 Å². The Balaban J connectivity index is 1.84. The minimum Gasteiger partial charge on any atom is -0.492 e. The van der Waals surface area contributed by atoms with Gasteiger partial charge in [-0.05, 0) is 47.1 Å². The lowest BCUT2D eigenvalue weighted by Gasteiger charge is -2.12. The summed E-state index contributed by atoms with van der Waals surface area (Å²) in [5, 5.41) is 6.11. The summed E-state index contributed by atoms with van der Waals surface area (Å²) in [5.41, 5.74) is 1.68. The molecular formula is C17H19BrN2O2. The number of nitrogens with one attached hydrogen (secondary N) is 2. The van der Waals surface area contributed by atoms with Crippen LogP contribution in [-0.4, -0.2) is 19.1 Å².